The maximum atomic E-state index is 11.6. The zero-order chi connectivity index (χ0) is 10.5. The first-order chi connectivity index (χ1) is 7.34. The predicted molar refractivity (Wildman–Crippen MR) is 60.7 cm³/mol. The SMILES string of the molecule is O=C(CCNC1CC1)NC1CCCCC1. The van der Waals surface area contributed by atoms with E-state index < -0.39 is 0 Å². The van der Waals surface area contributed by atoms with Crippen LogP contribution in [0.5, 0.6) is 0 Å². The molecule has 2 fully saturated rings. The normalized spacial score (nSPS) is 22.7. The second-order valence-electron chi connectivity index (χ2n) is 4.88. The average molecular weight is 210 g/mol. The van der Waals surface area contributed by atoms with E-state index in [1.54, 1.807) is 0 Å². The van der Waals surface area contributed by atoms with Crippen LogP contribution in [0.4, 0.5) is 0 Å². The van der Waals surface area contributed by atoms with Gasteiger partial charge in [-0.15, -0.1) is 0 Å². The molecule has 0 atom stereocenters. The van der Waals surface area contributed by atoms with Crippen LogP contribution < -0.4 is 10.6 Å². The van der Waals surface area contributed by atoms with Crippen LogP contribution in [0.1, 0.15) is 51.4 Å². The highest BCUT2D eigenvalue weighted by Gasteiger charge is 2.20. The van der Waals surface area contributed by atoms with Crippen molar-refractivity contribution in [2.75, 3.05) is 6.54 Å². The fourth-order valence-electron chi connectivity index (χ4n) is 2.22. The van der Waals surface area contributed by atoms with Crippen LogP contribution in [0.15, 0.2) is 0 Å². The Morgan fingerprint density at radius 1 is 1.00 bits per heavy atom. The number of carbonyl (C=O) groups is 1. The fourth-order valence-corrected chi connectivity index (χ4v) is 2.22. The van der Waals surface area contributed by atoms with Crippen molar-refractivity contribution in [2.24, 2.45) is 0 Å². The van der Waals surface area contributed by atoms with E-state index in [1.165, 1.54) is 44.9 Å². The van der Waals surface area contributed by atoms with Crippen LogP contribution in [-0.2, 0) is 4.79 Å². The molecule has 15 heavy (non-hydrogen) atoms. The van der Waals surface area contributed by atoms with Crippen LogP contribution in [0.2, 0.25) is 0 Å². The summed E-state index contributed by atoms with van der Waals surface area (Å²) < 4.78 is 0. The molecule has 2 saturated carbocycles. The minimum absolute atomic E-state index is 0.232. The van der Waals surface area contributed by atoms with Crippen LogP contribution in [-0.4, -0.2) is 24.5 Å². The molecule has 0 saturated heterocycles. The molecule has 1 amide bonds. The minimum atomic E-state index is 0.232. The third-order valence-electron chi connectivity index (χ3n) is 3.33. The molecule has 2 N–H and O–H groups in total. The molecule has 2 rings (SSSR count). The van der Waals surface area contributed by atoms with Gasteiger partial charge in [0.25, 0.3) is 0 Å². The molecule has 2 aliphatic rings. The molecule has 0 unspecified atom stereocenters. The highest BCUT2D eigenvalue weighted by Crippen LogP contribution is 2.18. The van der Waals surface area contributed by atoms with Crippen molar-refractivity contribution in [3.8, 4) is 0 Å². The Labute approximate surface area is 92.0 Å². The molecule has 0 aliphatic heterocycles. The van der Waals surface area contributed by atoms with Gasteiger partial charge in [0.05, 0.1) is 0 Å². The first-order valence-electron chi connectivity index (χ1n) is 6.37. The summed E-state index contributed by atoms with van der Waals surface area (Å²) in [6, 6.07) is 1.18. The zero-order valence-electron chi connectivity index (χ0n) is 9.43. The number of hydrogen-bond acceptors (Lipinski definition) is 2. The van der Waals surface area contributed by atoms with Gasteiger partial charge in [0.2, 0.25) is 5.91 Å². The molecule has 0 heterocycles. The summed E-state index contributed by atoms with van der Waals surface area (Å²) in [7, 11) is 0. The molecule has 2 aliphatic carbocycles. The highest BCUT2D eigenvalue weighted by atomic mass is 16.1. The standard InChI is InChI=1S/C12H22N2O/c15-12(8-9-13-10-6-7-10)14-11-4-2-1-3-5-11/h10-11,13H,1-9H2,(H,14,15). The van der Waals surface area contributed by atoms with E-state index in [0.717, 1.165) is 6.54 Å². The van der Waals surface area contributed by atoms with E-state index in [1.807, 2.05) is 0 Å². The molecular weight excluding hydrogens is 188 g/mol. The van der Waals surface area contributed by atoms with Gasteiger partial charge in [-0.25, -0.2) is 0 Å². The maximum absolute atomic E-state index is 11.6. The van der Waals surface area contributed by atoms with Crippen molar-refractivity contribution < 1.29 is 4.79 Å². The van der Waals surface area contributed by atoms with E-state index in [-0.39, 0.29) is 5.91 Å². The maximum Gasteiger partial charge on any atom is 0.221 e. The van der Waals surface area contributed by atoms with Crippen molar-refractivity contribution >= 4 is 5.91 Å². The van der Waals surface area contributed by atoms with Gasteiger partial charge in [-0.05, 0) is 25.7 Å². The summed E-state index contributed by atoms with van der Waals surface area (Å²) in [6.45, 7) is 0.850. The number of nitrogens with one attached hydrogen (secondary N) is 2. The fraction of sp³-hybridized carbons (Fsp3) is 0.917. The van der Waals surface area contributed by atoms with Gasteiger partial charge < -0.3 is 10.6 Å². The second kappa shape index (κ2) is 5.50. The Balaban J connectivity index is 1.54. The van der Waals surface area contributed by atoms with Crippen LogP contribution in [0.3, 0.4) is 0 Å². The molecule has 0 bridgehead atoms. The summed E-state index contributed by atoms with van der Waals surface area (Å²) in [5, 5.41) is 6.50. The van der Waals surface area contributed by atoms with Gasteiger partial charge in [0.1, 0.15) is 0 Å². The Morgan fingerprint density at radius 3 is 2.40 bits per heavy atom. The molecule has 86 valence electrons. The predicted octanol–water partition coefficient (Wildman–Crippen LogP) is 1.58. The molecule has 0 spiro atoms. The average Bonchev–Trinajstić information content (AvgIpc) is 3.03. The summed E-state index contributed by atoms with van der Waals surface area (Å²) >= 11 is 0. The van der Waals surface area contributed by atoms with E-state index in [9.17, 15) is 4.79 Å². The zero-order valence-corrected chi connectivity index (χ0v) is 9.43. The van der Waals surface area contributed by atoms with Gasteiger partial charge in [0.15, 0.2) is 0 Å². The summed E-state index contributed by atoms with van der Waals surface area (Å²) in [5.74, 6) is 0.232. The summed E-state index contributed by atoms with van der Waals surface area (Å²) in [4.78, 5) is 11.6. The summed E-state index contributed by atoms with van der Waals surface area (Å²) in [6.07, 6.45) is 9.51. The Bertz CT molecular complexity index is 208. The van der Waals surface area contributed by atoms with Crippen molar-refractivity contribution in [3.05, 3.63) is 0 Å². The van der Waals surface area contributed by atoms with Crippen molar-refractivity contribution in [1.82, 2.24) is 10.6 Å². The van der Waals surface area contributed by atoms with E-state index >= 15 is 0 Å². The molecule has 0 aromatic heterocycles. The van der Waals surface area contributed by atoms with E-state index in [4.69, 9.17) is 0 Å². The highest BCUT2D eigenvalue weighted by molar-refractivity contribution is 5.76. The van der Waals surface area contributed by atoms with Gasteiger partial charge >= 0.3 is 0 Å². The third-order valence-corrected chi connectivity index (χ3v) is 3.33. The molecule has 0 radical (unpaired) electrons. The monoisotopic (exact) mass is 210 g/mol. The van der Waals surface area contributed by atoms with Crippen LogP contribution in [0.25, 0.3) is 0 Å². The lowest BCUT2D eigenvalue weighted by Gasteiger charge is -2.22. The topological polar surface area (TPSA) is 41.1 Å². The van der Waals surface area contributed by atoms with Gasteiger partial charge in [-0.3, -0.25) is 4.79 Å². The van der Waals surface area contributed by atoms with Gasteiger partial charge in [-0.1, -0.05) is 19.3 Å². The largest absolute Gasteiger partial charge is 0.353 e. The van der Waals surface area contributed by atoms with Gasteiger partial charge in [-0.2, -0.15) is 0 Å². The first kappa shape index (κ1) is 10.9. The van der Waals surface area contributed by atoms with Crippen molar-refractivity contribution in [1.29, 1.82) is 0 Å². The number of amides is 1. The lowest BCUT2D eigenvalue weighted by molar-refractivity contribution is -0.121. The Kier molecular flexibility index (Phi) is 4.01. The van der Waals surface area contributed by atoms with E-state index in [0.29, 0.717) is 18.5 Å². The smallest absolute Gasteiger partial charge is 0.221 e. The van der Waals surface area contributed by atoms with Gasteiger partial charge in [0, 0.05) is 25.0 Å². The third kappa shape index (κ3) is 4.20. The van der Waals surface area contributed by atoms with Crippen molar-refractivity contribution in [3.63, 3.8) is 0 Å². The quantitative estimate of drug-likeness (QED) is 0.723. The summed E-state index contributed by atoms with van der Waals surface area (Å²) in [5.41, 5.74) is 0. The number of hydrogen-bond donors (Lipinski definition) is 2. The number of rotatable bonds is 5. The second-order valence-corrected chi connectivity index (χ2v) is 4.88. The molecule has 0 aromatic carbocycles. The first-order valence-corrected chi connectivity index (χ1v) is 6.37. The molecule has 3 nitrogen and oxygen atoms in total. The molecule has 3 heteroatoms. The molecule has 0 aromatic rings. The Morgan fingerprint density at radius 2 is 1.73 bits per heavy atom. The van der Waals surface area contributed by atoms with Crippen molar-refractivity contribution in [2.45, 2.75) is 63.5 Å². The lowest BCUT2D eigenvalue weighted by Crippen LogP contribution is -2.37. The molecular formula is C12H22N2O. The van der Waals surface area contributed by atoms with E-state index in [2.05, 4.69) is 10.6 Å². The van der Waals surface area contributed by atoms with Crippen LogP contribution >= 0.6 is 0 Å². The minimum Gasteiger partial charge on any atom is -0.353 e. The van der Waals surface area contributed by atoms with Crippen LogP contribution in [0, 0.1) is 0 Å². The lowest BCUT2D eigenvalue weighted by atomic mass is 9.95. The Hall–Kier alpha value is -0.570. The number of carbonyl (C=O) groups excluding carboxylic acids is 1.